The zero-order valence-electron chi connectivity index (χ0n) is 11.8. The summed E-state index contributed by atoms with van der Waals surface area (Å²) in [6, 6.07) is 2.38. The minimum absolute atomic E-state index is 0.0237. The lowest BCUT2D eigenvalue weighted by molar-refractivity contribution is -0.140. The Balaban J connectivity index is 2.48. The number of nitrogens with zero attached hydrogens (tertiary/aromatic N) is 1. The van der Waals surface area contributed by atoms with Crippen molar-refractivity contribution in [3.8, 4) is 0 Å². The Hall–Kier alpha value is -1.32. The Morgan fingerprint density at radius 2 is 2.00 bits per heavy atom. The first kappa shape index (κ1) is 18.0. The molecule has 1 fully saturated rings. The SMILES string of the molecule is NC(=O)C1CCCN(S(=O)(=O)c2cc(Cl)ccc2C(F)(F)F)C1. The van der Waals surface area contributed by atoms with Gasteiger partial charge in [-0.2, -0.15) is 17.5 Å². The standard InChI is InChI=1S/C13H14ClF3N2O3S/c14-9-3-4-10(13(15,16)17)11(6-9)23(21,22)19-5-1-2-8(7-19)12(18)20/h3-4,6,8H,1-2,5,7H2,(H2,18,20). The van der Waals surface area contributed by atoms with Gasteiger partial charge in [-0.1, -0.05) is 11.6 Å². The fourth-order valence-corrected chi connectivity index (χ4v) is 4.47. The maximum absolute atomic E-state index is 13.1. The highest BCUT2D eigenvalue weighted by Gasteiger charge is 2.40. The third kappa shape index (κ3) is 3.78. The molecule has 0 radical (unpaired) electrons. The number of amides is 1. The van der Waals surface area contributed by atoms with Gasteiger partial charge in [0.05, 0.1) is 16.4 Å². The van der Waals surface area contributed by atoms with E-state index >= 15 is 0 Å². The number of carbonyl (C=O) groups excluding carboxylic acids is 1. The van der Waals surface area contributed by atoms with Crippen molar-refractivity contribution in [3.05, 3.63) is 28.8 Å². The molecule has 10 heteroatoms. The van der Waals surface area contributed by atoms with Crippen LogP contribution in [0.5, 0.6) is 0 Å². The summed E-state index contributed by atoms with van der Waals surface area (Å²) >= 11 is 5.67. The lowest BCUT2D eigenvalue weighted by atomic mass is 9.99. The van der Waals surface area contributed by atoms with Crippen molar-refractivity contribution in [2.75, 3.05) is 13.1 Å². The smallest absolute Gasteiger partial charge is 0.369 e. The molecule has 1 unspecified atom stereocenters. The zero-order chi connectivity index (χ0) is 17.4. The van der Waals surface area contributed by atoms with Gasteiger partial charge in [0.25, 0.3) is 0 Å². The average molecular weight is 371 g/mol. The lowest BCUT2D eigenvalue weighted by Crippen LogP contribution is -2.44. The van der Waals surface area contributed by atoms with Gasteiger partial charge in [-0.3, -0.25) is 4.79 Å². The van der Waals surface area contributed by atoms with Gasteiger partial charge in [0, 0.05) is 18.1 Å². The van der Waals surface area contributed by atoms with Crippen molar-refractivity contribution in [1.29, 1.82) is 0 Å². The highest BCUT2D eigenvalue weighted by molar-refractivity contribution is 7.89. The molecule has 1 atom stereocenters. The number of alkyl halides is 3. The van der Waals surface area contributed by atoms with Gasteiger partial charge < -0.3 is 5.73 Å². The second kappa shape index (κ2) is 6.29. The molecule has 5 nitrogen and oxygen atoms in total. The van der Waals surface area contributed by atoms with E-state index in [4.69, 9.17) is 17.3 Å². The molecule has 1 aromatic carbocycles. The van der Waals surface area contributed by atoms with Crippen molar-refractivity contribution < 1.29 is 26.4 Å². The van der Waals surface area contributed by atoms with Gasteiger partial charge >= 0.3 is 6.18 Å². The largest absolute Gasteiger partial charge is 0.417 e. The fourth-order valence-electron chi connectivity index (χ4n) is 2.48. The van der Waals surface area contributed by atoms with Crippen LogP contribution in [0, 0.1) is 5.92 Å². The molecule has 1 aliphatic rings. The van der Waals surface area contributed by atoms with E-state index in [-0.39, 0.29) is 18.1 Å². The minimum Gasteiger partial charge on any atom is -0.369 e. The van der Waals surface area contributed by atoms with Crippen LogP contribution in [0.4, 0.5) is 13.2 Å². The molecule has 1 saturated heterocycles. The number of halogens is 4. The number of piperidine rings is 1. The first-order chi connectivity index (χ1) is 10.5. The van der Waals surface area contributed by atoms with Crippen molar-refractivity contribution in [1.82, 2.24) is 4.31 Å². The van der Waals surface area contributed by atoms with Gasteiger partial charge in [-0.05, 0) is 31.0 Å². The summed E-state index contributed by atoms with van der Waals surface area (Å²) in [5.74, 6) is -1.39. The number of carbonyl (C=O) groups is 1. The number of primary amides is 1. The van der Waals surface area contributed by atoms with E-state index < -0.39 is 38.5 Å². The van der Waals surface area contributed by atoms with Crippen LogP contribution in [0.15, 0.2) is 23.1 Å². The molecule has 0 spiro atoms. The predicted octanol–water partition coefficient (Wildman–Crippen LogP) is 2.24. The zero-order valence-corrected chi connectivity index (χ0v) is 13.4. The molecular weight excluding hydrogens is 357 g/mol. The average Bonchev–Trinajstić information content (AvgIpc) is 2.46. The molecule has 1 aliphatic heterocycles. The van der Waals surface area contributed by atoms with E-state index in [1.807, 2.05) is 0 Å². The van der Waals surface area contributed by atoms with Crippen molar-refractivity contribution in [2.45, 2.75) is 23.9 Å². The van der Waals surface area contributed by atoms with E-state index in [1.165, 1.54) is 0 Å². The maximum Gasteiger partial charge on any atom is 0.417 e. The third-order valence-corrected chi connectivity index (χ3v) is 5.79. The molecule has 1 aromatic rings. The molecule has 0 aliphatic carbocycles. The molecule has 0 saturated carbocycles. The van der Waals surface area contributed by atoms with Crippen LogP contribution in [0.3, 0.4) is 0 Å². The molecule has 1 heterocycles. The van der Waals surface area contributed by atoms with Crippen LogP contribution in [-0.4, -0.2) is 31.7 Å². The van der Waals surface area contributed by atoms with Crippen LogP contribution < -0.4 is 5.73 Å². The lowest BCUT2D eigenvalue weighted by Gasteiger charge is -2.31. The Kier molecular flexibility index (Phi) is 4.93. The van der Waals surface area contributed by atoms with Crippen LogP contribution in [0.25, 0.3) is 0 Å². The summed E-state index contributed by atoms with van der Waals surface area (Å²) in [4.78, 5) is 10.3. The van der Waals surface area contributed by atoms with Crippen LogP contribution in [-0.2, 0) is 21.0 Å². The van der Waals surface area contributed by atoms with Gasteiger partial charge in [0.1, 0.15) is 0 Å². The first-order valence-electron chi connectivity index (χ1n) is 6.69. The molecule has 2 N–H and O–H groups in total. The molecule has 1 amide bonds. The number of nitrogens with two attached hydrogens (primary N) is 1. The van der Waals surface area contributed by atoms with Gasteiger partial charge in [0.15, 0.2) is 0 Å². The van der Waals surface area contributed by atoms with Crippen molar-refractivity contribution in [3.63, 3.8) is 0 Å². The Bertz CT molecular complexity index is 722. The van der Waals surface area contributed by atoms with Gasteiger partial charge in [0.2, 0.25) is 15.9 Å². The maximum atomic E-state index is 13.1. The second-order valence-electron chi connectivity index (χ2n) is 5.24. The summed E-state index contributed by atoms with van der Waals surface area (Å²) in [6.45, 7) is -0.211. The van der Waals surface area contributed by atoms with Gasteiger partial charge in [-0.25, -0.2) is 8.42 Å². The van der Waals surface area contributed by atoms with E-state index in [0.29, 0.717) is 18.9 Å². The van der Waals surface area contributed by atoms with E-state index in [2.05, 4.69) is 0 Å². The Morgan fingerprint density at radius 3 is 2.57 bits per heavy atom. The van der Waals surface area contributed by atoms with Crippen LogP contribution >= 0.6 is 11.6 Å². The fraction of sp³-hybridized carbons (Fsp3) is 0.462. The van der Waals surface area contributed by atoms with Crippen LogP contribution in [0.1, 0.15) is 18.4 Å². The monoisotopic (exact) mass is 370 g/mol. The summed E-state index contributed by atoms with van der Waals surface area (Å²) in [5.41, 5.74) is 3.88. The quantitative estimate of drug-likeness (QED) is 0.886. The van der Waals surface area contributed by atoms with E-state index in [1.54, 1.807) is 0 Å². The number of hydrogen-bond acceptors (Lipinski definition) is 3. The topological polar surface area (TPSA) is 80.5 Å². The summed E-state index contributed by atoms with van der Waals surface area (Å²) in [5, 5.41) is -0.125. The Labute approximate surface area is 136 Å². The second-order valence-corrected chi connectivity index (χ2v) is 7.59. The summed E-state index contributed by atoms with van der Waals surface area (Å²) in [6.07, 6.45) is -4.09. The molecule has 0 aromatic heterocycles. The van der Waals surface area contributed by atoms with Gasteiger partial charge in [-0.15, -0.1) is 0 Å². The predicted molar refractivity (Wildman–Crippen MR) is 77.1 cm³/mol. The molecular formula is C13H14ClF3N2O3S. The first-order valence-corrected chi connectivity index (χ1v) is 8.51. The van der Waals surface area contributed by atoms with Crippen molar-refractivity contribution in [2.24, 2.45) is 11.7 Å². The molecule has 128 valence electrons. The number of benzene rings is 1. The Morgan fingerprint density at radius 1 is 1.35 bits per heavy atom. The molecule has 23 heavy (non-hydrogen) atoms. The summed E-state index contributed by atoms with van der Waals surface area (Å²) < 4.78 is 65.3. The molecule has 2 rings (SSSR count). The highest BCUT2D eigenvalue weighted by atomic mass is 35.5. The van der Waals surface area contributed by atoms with Crippen LogP contribution in [0.2, 0.25) is 5.02 Å². The number of rotatable bonds is 3. The van der Waals surface area contributed by atoms with E-state index in [0.717, 1.165) is 16.4 Å². The summed E-state index contributed by atoms with van der Waals surface area (Å²) in [7, 11) is -4.44. The highest BCUT2D eigenvalue weighted by Crippen LogP contribution is 2.37. The van der Waals surface area contributed by atoms with Crippen molar-refractivity contribution >= 4 is 27.5 Å². The molecule has 0 bridgehead atoms. The normalized spacial score (nSPS) is 20.4. The minimum atomic E-state index is -4.84. The number of hydrogen-bond donors (Lipinski definition) is 1. The number of sulfonamides is 1. The van der Waals surface area contributed by atoms with E-state index in [9.17, 15) is 26.4 Å². The third-order valence-electron chi connectivity index (χ3n) is 3.65.